The maximum Gasteiger partial charge on any atom is 0.257 e. The molecule has 0 atom stereocenters. The van der Waals surface area contributed by atoms with Crippen molar-refractivity contribution in [2.24, 2.45) is 0 Å². The third-order valence-electron chi connectivity index (χ3n) is 3.96. The van der Waals surface area contributed by atoms with Gasteiger partial charge < -0.3 is 14.8 Å². The number of aromatic nitrogens is 1. The van der Waals surface area contributed by atoms with Gasteiger partial charge in [0.2, 0.25) is 5.91 Å². The van der Waals surface area contributed by atoms with Crippen LogP contribution in [0.2, 0.25) is 0 Å². The summed E-state index contributed by atoms with van der Waals surface area (Å²) < 4.78 is 36.5. The number of anilines is 2. The molecule has 30 heavy (non-hydrogen) atoms. The predicted molar refractivity (Wildman–Crippen MR) is 108 cm³/mol. The van der Waals surface area contributed by atoms with Gasteiger partial charge >= 0.3 is 0 Å². The molecule has 0 spiro atoms. The molecular formula is C20H17F2N3O4S. The van der Waals surface area contributed by atoms with Gasteiger partial charge in [-0.05, 0) is 30.3 Å². The lowest BCUT2D eigenvalue weighted by atomic mass is 10.2. The molecule has 2 aromatic carbocycles. The molecule has 156 valence electrons. The monoisotopic (exact) mass is 433 g/mol. The number of carbonyl (C=O) groups is 2. The molecule has 1 heterocycles. The molecule has 0 aliphatic carbocycles. The summed E-state index contributed by atoms with van der Waals surface area (Å²) in [6.07, 6.45) is -0.0955. The van der Waals surface area contributed by atoms with Gasteiger partial charge in [-0.2, -0.15) is 0 Å². The smallest absolute Gasteiger partial charge is 0.257 e. The molecular weight excluding hydrogens is 416 g/mol. The zero-order valence-electron chi connectivity index (χ0n) is 16.0. The first-order chi connectivity index (χ1) is 14.4. The number of hydrogen-bond donors (Lipinski definition) is 2. The second kappa shape index (κ2) is 9.31. The standard InChI is InChI=1S/C20H17F2N3O4S/c1-28-16-6-3-11(7-17(16)29-2)19(27)25-20-24-13(10-30-20)9-18(26)23-12-4-5-14(21)15(22)8-12/h3-8,10H,9H2,1-2H3,(H,23,26)(H,24,25,27). The molecule has 2 amide bonds. The fourth-order valence-electron chi connectivity index (χ4n) is 2.54. The Morgan fingerprint density at radius 1 is 1.00 bits per heavy atom. The van der Waals surface area contributed by atoms with E-state index in [-0.39, 0.29) is 12.1 Å². The first-order valence-corrected chi connectivity index (χ1v) is 9.50. The number of thiazole rings is 1. The topological polar surface area (TPSA) is 89.5 Å². The number of amides is 2. The van der Waals surface area contributed by atoms with Gasteiger partial charge in [0.25, 0.3) is 5.91 Å². The van der Waals surface area contributed by atoms with Gasteiger partial charge in [0, 0.05) is 22.7 Å². The Morgan fingerprint density at radius 2 is 1.77 bits per heavy atom. The zero-order valence-corrected chi connectivity index (χ0v) is 16.8. The van der Waals surface area contributed by atoms with Gasteiger partial charge in [0.1, 0.15) is 0 Å². The van der Waals surface area contributed by atoms with Crippen molar-refractivity contribution in [2.45, 2.75) is 6.42 Å². The highest BCUT2D eigenvalue weighted by Crippen LogP contribution is 2.28. The van der Waals surface area contributed by atoms with Crippen LogP contribution >= 0.6 is 11.3 Å². The van der Waals surface area contributed by atoms with E-state index in [4.69, 9.17) is 9.47 Å². The summed E-state index contributed by atoms with van der Waals surface area (Å²) in [7, 11) is 2.97. The maximum absolute atomic E-state index is 13.2. The number of nitrogens with one attached hydrogen (secondary N) is 2. The molecule has 0 aliphatic heterocycles. The van der Waals surface area contributed by atoms with E-state index in [0.29, 0.717) is 27.9 Å². The minimum atomic E-state index is -1.05. The average Bonchev–Trinajstić information content (AvgIpc) is 3.16. The van der Waals surface area contributed by atoms with E-state index in [0.717, 1.165) is 23.5 Å². The van der Waals surface area contributed by atoms with Crippen LogP contribution in [0.4, 0.5) is 19.6 Å². The third kappa shape index (κ3) is 5.09. The molecule has 0 fully saturated rings. The average molecular weight is 433 g/mol. The van der Waals surface area contributed by atoms with Crippen molar-refractivity contribution in [1.29, 1.82) is 0 Å². The first-order valence-electron chi connectivity index (χ1n) is 8.62. The lowest BCUT2D eigenvalue weighted by Crippen LogP contribution is -2.15. The molecule has 0 radical (unpaired) electrons. The summed E-state index contributed by atoms with van der Waals surface area (Å²) in [5, 5.41) is 7.05. The summed E-state index contributed by atoms with van der Waals surface area (Å²) in [4.78, 5) is 28.7. The quantitative estimate of drug-likeness (QED) is 0.590. The van der Waals surface area contributed by atoms with E-state index in [9.17, 15) is 18.4 Å². The number of halogens is 2. The molecule has 0 saturated carbocycles. The normalized spacial score (nSPS) is 10.4. The number of ether oxygens (including phenoxy) is 2. The summed E-state index contributed by atoms with van der Waals surface area (Å²) >= 11 is 1.15. The lowest BCUT2D eigenvalue weighted by Gasteiger charge is -2.09. The number of carbonyl (C=O) groups excluding carboxylic acids is 2. The van der Waals surface area contributed by atoms with Crippen LogP contribution in [0.15, 0.2) is 41.8 Å². The molecule has 0 unspecified atom stereocenters. The Hall–Kier alpha value is -3.53. The largest absolute Gasteiger partial charge is 0.493 e. The Bertz CT molecular complexity index is 1090. The van der Waals surface area contributed by atoms with Crippen molar-refractivity contribution in [3.8, 4) is 11.5 Å². The van der Waals surface area contributed by atoms with Gasteiger partial charge in [-0.1, -0.05) is 0 Å². The molecule has 0 bridgehead atoms. The van der Waals surface area contributed by atoms with Crippen LogP contribution in [-0.4, -0.2) is 31.0 Å². The molecule has 0 saturated heterocycles. The van der Waals surface area contributed by atoms with E-state index in [1.165, 1.54) is 26.4 Å². The molecule has 3 rings (SSSR count). The van der Waals surface area contributed by atoms with Crippen LogP contribution in [0, 0.1) is 11.6 Å². The van der Waals surface area contributed by atoms with Crippen molar-refractivity contribution in [2.75, 3.05) is 24.9 Å². The molecule has 0 aliphatic rings. The number of methoxy groups -OCH3 is 2. The maximum atomic E-state index is 13.2. The third-order valence-corrected chi connectivity index (χ3v) is 4.77. The van der Waals surface area contributed by atoms with Crippen LogP contribution in [0.5, 0.6) is 11.5 Å². The van der Waals surface area contributed by atoms with Gasteiger partial charge in [0.15, 0.2) is 28.3 Å². The second-order valence-corrected chi connectivity index (χ2v) is 6.88. The van der Waals surface area contributed by atoms with Gasteiger partial charge in [0.05, 0.1) is 26.3 Å². The molecule has 3 aromatic rings. The highest BCUT2D eigenvalue weighted by Gasteiger charge is 2.14. The van der Waals surface area contributed by atoms with E-state index in [2.05, 4.69) is 15.6 Å². The molecule has 7 nitrogen and oxygen atoms in total. The molecule has 2 N–H and O–H groups in total. The van der Waals surface area contributed by atoms with Gasteiger partial charge in [-0.3, -0.25) is 14.9 Å². The molecule has 10 heteroatoms. The minimum absolute atomic E-state index is 0.0955. The zero-order chi connectivity index (χ0) is 21.7. The summed E-state index contributed by atoms with van der Waals surface area (Å²) in [6.45, 7) is 0. The van der Waals surface area contributed by atoms with Crippen LogP contribution in [0.1, 0.15) is 16.1 Å². The lowest BCUT2D eigenvalue weighted by molar-refractivity contribution is -0.115. The Morgan fingerprint density at radius 3 is 2.47 bits per heavy atom. The van der Waals surface area contributed by atoms with Crippen molar-refractivity contribution in [3.63, 3.8) is 0 Å². The van der Waals surface area contributed by atoms with E-state index >= 15 is 0 Å². The Labute approximate surface area is 174 Å². The Kier molecular flexibility index (Phi) is 6.58. The fourth-order valence-corrected chi connectivity index (χ4v) is 3.24. The van der Waals surface area contributed by atoms with Gasteiger partial charge in [-0.15, -0.1) is 11.3 Å². The first kappa shape index (κ1) is 21.2. The van der Waals surface area contributed by atoms with E-state index < -0.39 is 23.4 Å². The van der Waals surface area contributed by atoms with E-state index in [1.54, 1.807) is 17.5 Å². The number of hydrogen-bond acceptors (Lipinski definition) is 6. The Balaban J connectivity index is 1.61. The van der Waals surface area contributed by atoms with Crippen molar-refractivity contribution in [1.82, 2.24) is 4.98 Å². The SMILES string of the molecule is COc1ccc(C(=O)Nc2nc(CC(=O)Nc3ccc(F)c(F)c3)cs2)cc1OC. The van der Waals surface area contributed by atoms with Crippen LogP contribution in [0.3, 0.4) is 0 Å². The summed E-state index contributed by atoms with van der Waals surface area (Å²) in [6, 6.07) is 7.81. The number of benzene rings is 2. The highest BCUT2D eigenvalue weighted by molar-refractivity contribution is 7.14. The van der Waals surface area contributed by atoms with Crippen molar-refractivity contribution >= 4 is 34.0 Å². The van der Waals surface area contributed by atoms with Crippen molar-refractivity contribution < 1.29 is 27.8 Å². The van der Waals surface area contributed by atoms with Crippen LogP contribution < -0.4 is 20.1 Å². The second-order valence-electron chi connectivity index (χ2n) is 6.02. The van der Waals surface area contributed by atoms with Gasteiger partial charge in [-0.25, -0.2) is 13.8 Å². The minimum Gasteiger partial charge on any atom is -0.493 e. The van der Waals surface area contributed by atoms with Crippen LogP contribution in [-0.2, 0) is 11.2 Å². The highest BCUT2D eigenvalue weighted by atomic mass is 32.1. The number of rotatable bonds is 7. The predicted octanol–water partition coefficient (Wildman–Crippen LogP) is 3.87. The van der Waals surface area contributed by atoms with Crippen LogP contribution in [0.25, 0.3) is 0 Å². The number of nitrogens with zero attached hydrogens (tertiary/aromatic N) is 1. The van der Waals surface area contributed by atoms with E-state index in [1.807, 2.05) is 0 Å². The summed E-state index contributed by atoms with van der Waals surface area (Å²) in [5.74, 6) is -1.99. The fraction of sp³-hybridized carbons (Fsp3) is 0.150. The summed E-state index contributed by atoms with van der Waals surface area (Å²) in [5.41, 5.74) is 0.902. The molecule has 1 aromatic heterocycles. The van der Waals surface area contributed by atoms with Crippen molar-refractivity contribution in [3.05, 3.63) is 64.7 Å².